The third-order valence-electron chi connectivity index (χ3n) is 3.02. The third kappa shape index (κ3) is 3.94. The molecule has 0 spiro atoms. The molecule has 0 bridgehead atoms. The van der Waals surface area contributed by atoms with Crippen molar-refractivity contribution < 1.29 is 9.59 Å². The van der Waals surface area contributed by atoms with Crippen LogP contribution in [0.2, 0.25) is 0 Å². The number of hydrogen-bond acceptors (Lipinski definition) is 3. The predicted molar refractivity (Wildman–Crippen MR) is 78.3 cm³/mol. The standard InChI is InChI=1S/C12H16BrN3O2S/c1-16-7-5-9(11(16)17)15-12(18)14-6-4-8-2-3-10(13)19-8/h2-3,9H,4-7H2,1H3,(H2,14,15,18). The molecule has 3 amide bonds. The summed E-state index contributed by atoms with van der Waals surface area (Å²) in [5.74, 6) is -0.0164. The monoisotopic (exact) mass is 345 g/mol. The number of thiophene rings is 1. The summed E-state index contributed by atoms with van der Waals surface area (Å²) in [5.41, 5.74) is 0. The van der Waals surface area contributed by atoms with Crippen molar-refractivity contribution in [2.75, 3.05) is 20.1 Å². The average molecular weight is 346 g/mol. The maximum absolute atomic E-state index is 11.6. The van der Waals surface area contributed by atoms with E-state index in [2.05, 4.69) is 26.6 Å². The number of nitrogens with zero attached hydrogens (tertiary/aromatic N) is 1. The molecular weight excluding hydrogens is 330 g/mol. The number of nitrogens with one attached hydrogen (secondary N) is 2. The van der Waals surface area contributed by atoms with Crippen LogP contribution in [0.3, 0.4) is 0 Å². The van der Waals surface area contributed by atoms with Gasteiger partial charge in [0.1, 0.15) is 6.04 Å². The number of hydrogen-bond donors (Lipinski definition) is 2. The van der Waals surface area contributed by atoms with Crippen LogP contribution in [-0.2, 0) is 11.2 Å². The fourth-order valence-electron chi connectivity index (χ4n) is 1.95. The molecule has 1 unspecified atom stereocenters. The van der Waals surface area contributed by atoms with Gasteiger partial charge in [-0.3, -0.25) is 4.79 Å². The molecular formula is C12H16BrN3O2S. The van der Waals surface area contributed by atoms with Gasteiger partial charge >= 0.3 is 6.03 Å². The molecule has 7 heteroatoms. The van der Waals surface area contributed by atoms with Gasteiger partial charge in [-0.2, -0.15) is 0 Å². The zero-order chi connectivity index (χ0) is 13.8. The largest absolute Gasteiger partial charge is 0.344 e. The first kappa shape index (κ1) is 14.3. The zero-order valence-corrected chi connectivity index (χ0v) is 13.0. The summed E-state index contributed by atoms with van der Waals surface area (Å²) >= 11 is 5.06. The fraction of sp³-hybridized carbons (Fsp3) is 0.500. The van der Waals surface area contributed by atoms with E-state index in [1.165, 1.54) is 4.88 Å². The molecule has 1 fully saturated rings. The number of halogens is 1. The van der Waals surface area contributed by atoms with Crippen LogP contribution in [0.15, 0.2) is 15.9 Å². The van der Waals surface area contributed by atoms with Crippen LogP contribution in [0.5, 0.6) is 0 Å². The highest BCUT2D eigenvalue weighted by molar-refractivity contribution is 9.11. The normalized spacial score (nSPS) is 18.7. The summed E-state index contributed by atoms with van der Waals surface area (Å²) in [6.45, 7) is 1.27. The van der Waals surface area contributed by atoms with Crippen molar-refractivity contribution in [3.8, 4) is 0 Å². The maximum Gasteiger partial charge on any atom is 0.315 e. The first-order valence-corrected chi connectivity index (χ1v) is 7.71. The van der Waals surface area contributed by atoms with Gasteiger partial charge in [-0.05, 0) is 40.9 Å². The molecule has 2 rings (SSSR count). The van der Waals surface area contributed by atoms with Crippen LogP contribution in [0.1, 0.15) is 11.3 Å². The summed E-state index contributed by atoms with van der Waals surface area (Å²) in [4.78, 5) is 26.1. The molecule has 1 atom stereocenters. The Labute approximate surface area is 124 Å². The average Bonchev–Trinajstić information content (AvgIpc) is 2.90. The fourth-order valence-corrected chi connectivity index (χ4v) is 3.43. The number of amides is 3. The molecule has 0 aromatic carbocycles. The Hall–Kier alpha value is -1.08. The van der Waals surface area contributed by atoms with Gasteiger partial charge in [0, 0.05) is 25.0 Å². The third-order valence-corrected chi connectivity index (χ3v) is 4.70. The van der Waals surface area contributed by atoms with Crippen molar-refractivity contribution in [1.82, 2.24) is 15.5 Å². The Balaban J connectivity index is 1.69. The number of likely N-dealkylation sites (N-methyl/N-ethyl adjacent to an activating group) is 1. The van der Waals surface area contributed by atoms with Gasteiger partial charge in [0.05, 0.1) is 3.79 Å². The van der Waals surface area contributed by atoms with E-state index in [0.717, 1.165) is 10.2 Å². The van der Waals surface area contributed by atoms with Gasteiger partial charge in [0.2, 0.25) is 5.91 Å². The summed E-state index contributed by atoms with van der Waals surface area (Å²) in [7, 11) is 1.75. The molecule has 2 N–H and O–H groups in total. The zero-order valence-electron chi connectivity index (χ0n) is 10.6. The molecule has 0 saturated carbocycles. The summed E-state index contributed by atoms with van der Waals surface area (Å²) in [5, 5.41) is 5.48. The molecule has 1 aliphatic heterocycles. The van der Waals surface area contributed by atoms with Gasteiger partial charge in [-0.1, -0.05) is 0 Å². The topological polar surface area (TPSA) is 61.4 Å². The molecule has 1 aromatic heterocycles. The second kappa shape index (κ2) is 6.38. The van der Waals surface area contributed by atoms with Crippen LogP contribution < -0.4 is 10.6 Å². The van der Waals surface area contributed by atoms with E-state index >= 15 is 0 Å². The molecule has 1 aromatic rings. The number of urea groups is 1. The van der Waals surface area contributed by atoms with Crippen molar-refractivity contribution in [2.45, 2.75) is 18.9 Å². The van der Waals surface area contributed by atoms with Crippen LogP contribution >= 0.6 is 27.3 Å². The van der Waals surface area contributed by atoms with Crippen molar-refractivity contribution in [1.29, 1.82) is 0 Å². The smallest absolute Gasteiger partial charge is 0.315 e. The van der Waals surface area contributed by atoms with Crippen LogP contribution in [0, 0.1) is 0 Å². The lowest BCUT2D eigenvalue weighted by Crippen LogP contribution is -2.46. The Morgan fingerprint density at radius 3 is 2.95 bits per heavy atom. The SMILES string of the molecule is CN1CCC(NC(=O)NCCc2ccc(Br)s2)C1=O. The summed E-state index contributed by atoms with van der Waals surface area (Å²) in [6, 6.07) is 3.38. The van der Waals surface area contributed by atoms with Crippen molar-refractivity contribution in [3.05, 3.63) is 20.8 Å². The predicted octanol–water partition coefficient (Wildman–Crippen LogP) is 1.58. The lowest BCUT2D eigenvalue weighted by Gasteiger charge is -2.12. The van der Waals surface area contributed by atoms with E-state index in [9.17, 15) is 9.59 Å². The minimum absolute atomic E-state index is 0.0164. The Bertz CT molecular complexity index is 477. The van der Waals surface area contributed by atoms with Crippen LogP contribution in [0.25, 0.3) is 0 Å². The summed E-state index contributed by atoms with van der Waals surface area (Å²) in [6.07, 6.45) is 1.48. The molecule has 1 aliphatic rings. The molecule has 0 aliphatic carbocycles. The van der Waals surface area contributed by atoms with E-state index in [1.807, 2.05) is 12.1 Å². The van der Waals surface area contributed by atoms with Gasteiger partial charge in [0.25, 0.3) is 0 Å². The number of rotatable bonds is 4. The molecule has 1 saturated heterocycles. The highest BCUT2D eigenvalue weighted by Crippen LogP contribution is 2.22. The van der Waals surface area contributed by atoms with Crippen molar-refractivity contribution in [3.63, 3.8) is 0 Å². The van der Waals surface area contributed by atoms with Gasteiger partial charge in [-0.25, -0.2) is 4.79 Å². The minimum Gasteiger partial charge on any atom is -0.344 e. The van der Waals surface area contributed by atoms with Gasteiger partial charge < -0.3 is 15.5 Å². The second-order valence-electron chi connectivity index (χ2n) is 4.46. The van der Waals surface area contributed by atoms with E-state index < -0.39 is 0 Å². The van der Waals surface area contributed by atoms with E-state index in [4.69, 9.17) is 0 Å². The lowest BCUT2D eigenvalue weighted by molar-refractivity contribution is -0.128. The molecule has 0 radical (unpaired) electrons. The first-order valence-electron chi connectivity index (χ1n) is 6.10. The minimum atomic E-state index is -0.374. The highest BCUT2D eigenvalue weighted by Gasteiger charge is 2.29. The van der Waals surface area contributed by atoms with Crippen LogP contribution in [-0.4, -0.2) is 43.0 Å². The Kier molecular flexibility index (Phi) is 4.81. The highest BCUT2D eigenvalue weighted by atomic mass is 79.9. The molecule has 2 heterocycles. The number of carbonyl (C=O) groups excluding carboxylic acids is 2. The van der Waals surface area contributed by atoms with Crippen molar-refractivity contribution in [2.24, 2.45) is 0 Å². The van der Waals surface area contributed by atoms with Gasteiger partial charge in [0.15, 0.2) is 0 Å². The second-order valence-corrected chi connectivity index (χ2v) is 7.00. The maximum atomic E-state index is 11.6. The number of carbonyl (C=O) groups is 2. The quantitative estimate of drug-likeness (QED) is 0.870. The van der Waals surface area contributed by atoms with E-state index in [-0.39, 0.29) is 18.0 Å². The Morgan fingerprint density at radius 1 is 1.58 bits per heavy atom. The van der Waals surface area contributed by atoms with E-state index in [0.29, 0.717) is 19.5 Å². The van der Waals surface area contributed by atoms with E-state index in [1.54, 1.807) is 23.3 Å². The van der Waals surface area contributed by atoms with Crippen molar-refractivity contribution >= 4 is 39.2 Å². The first-order chi connectivity index (χ1) is 9.06. The Morgan fingerprint density at radius 2 is 2.37 bits per heavy atom. The van der Waals surface area contributed by atoms with Gasteiger partial charge in [-0.15, -0.1) is 11.3 Å². The number of likely N-dealkylation sites (tertiary alicyclic amines) is 1. The molecule has 19 heavy (non-hydrogen) atoms. The van der Waals surface area contributed by atoms with Crippen LogP contribution in [0.4, 0.5) is 4.79 Å². The summed E-state index contributed by atoms with van der Waals surface area (Å²) < 4.78 is 1.09. The lowest BCUT2D eigenvalue weighted by atomic mass is 10.2. The molecule has 5 nitrogen and oxygen atoms in total. The molecule has 104 valence electrons.